The Kier molecular flexibility index (Phi) is 6.21. The van der Waals surface area contributed by atoms with E-state index in [1.54, 1.807) is 38.3 Å². The summed E-state index contributed by atoms with van der Waals surface area (Å²) in [5.41, 5.74) is 0.798. The van der Waals surface area contributed by atoms with Gasteiger partial charge in [-0.15, -0.1) is 0 Å². The smallest absolute Gasteiger partial charge is 0.325 e. The van der Waals surface area contributed by atoms with Crippen molar-refractivity contribution in [2.45, 2.75) is 6.92 Å². The summed E-state index contributed by atoms with van der Waals surface area (Å²) in [5, 5.41) is 5.39. The average Bonchev–Trinajstić information content (AvgIpc) is 2.44. The van der Waals surface area contributed by atoms with E-state index in [0.717, 1.165) is 11.4 Å². The van der Waals surface area contributed by atoms with Crippen LogP contribution in [0.2, 0.25) is 0 Å². The molecule has 0 spiro atoms. The molecule has 104 valence electrons. The van der Waals surface area contributed by atoms with Crippen LogP contribution in [0.25, 0.3) is 0 Å². The van der Waals surface area contributed by atoms with Crippen LogP contribution in [0, 0.1) is 0 Å². The van der Waals surface area contributed by atoms with Crippen molar-refractivity contribution in [3.63, 3.8) is 0 Å². The fraction of sp³-hybridized carbons (Fsp3) is 0.385. The summed E-state index contributed by atoms with van der Waals surface area (Å²) in [6.07, 6.45) is 0. The molecule has 0 radical (unpaired) electrons. The van der Waals surface area contributed by atoms with Crippen molar-refractivity contribution in [3.05, 3.63) is 24.3 Å². The molecule has 1 rings (SSSR count). The highest BCUT2D eigenvalue weighted by molar-refractivity contribution is 5.84. The first-order valence-corrected chi connectivity index (χ1v) is 5.96. The highest BCUT2D eigenvalue weighted by Crippen LogP contribution is 2.14. The fourth-order valence-corrected chi connectivity index (χ4v) is 1.34. The van der Waals surface area contributed by atoms with Gasteiger partial charge in [0.25, 0.3) is 0 Å². The predicted molar refractivity (Wildman–Crippen MR) is 71.1 cm³/mol. The van der Waals surface area contributed by atoms with Gasteiger partial charge in [0, 0.05) is 5.69 Å². The second kappa shape index (κ2) is 7.97. The molecule has 1 amide bonds. The molecule has 19 heavy (non-hydrogen) atoms. The third-order valence-corrected chi connectivity index (χ3v) is 2.28. The number of hydrogen-bond acceptors (Lipinski definition) is 5. The summed E-state index contributed by atoms with van der Waals surface area (Å²) in [6, 6.07) is 7.19. The van der Waals surface area contributed by atoms with Crippen LogP contribution >= 0.6 is 0 Å². The van der Waals surface area contributed by atoms with Gasteiger partial charge in [-0.2, -0.15) is 0 Å². The summed E-state index contributed by atoms with van der Waals surface area (Å²) in [7, 11) is 1.59. The quantitative estimate of drug-likeness (QED) is 0.713. The maximum absolute atomic E-state index is 11.4. The Morgan fingerprint density at radius 1 is 1.16 bits per heavy atom. The van der Waals surface area contributed by atoms with E-state index in [-0.39, 0.29) is 19.0 Å². The molecule has 0 aliphatic carbocycles. The van der Waals surface area contributed by atoms with Crippen LogP contribution in [-0.4, -0.2) is 38.7 Å². The zero-order chi connectivity index (χ0) is 14.1. The number of ether oxygens (including phenoxy) is 2. The van der Waals surface area contributed by atoms with Crippen molar-refractivity contribution in [1.29, 1.82) is 0 Å². The summed E-state index contributed by atoms with van der Waals surface area (Å²) < 4.78 is 9.72. The number of anilines is 1. The zero-order valence-electron chi connectivity index (χ0n) is 11.1. The third-order valence-electron chi connectivity index (χ3n) is 2.28. The Morgan fingerprint density at radius 3 is 2.42 bits per heavy atom. The number of hydrogen-bond donors (Lipinski definition) is 2. The molecule has 0 aliphatic heterocycles. The molecule has 1 aromatic rings. The molecule has 6 heteroatoms. The standard InChI is InChI=1S/C13H18N2O4/c1-3-19-13(17)9-15-12(16)8-14-10-4-6-11(18-2)7-5-10/h4-7,14H,3,8-9H2,1-2H3,(H,15,16). The maximum atomic E-state index is 11.4. The van der Waals surface area contributed by atoms with E-state index in [4.69, 9.17) is 9.47 Å². The van der Waals surface area contributed by atoms with Crippen LogP contribution in [0.5, 0.6) is 5.75 Å². The first-order valence-electron chi connectivity index (χ1n) is 5.96. The van der Waals surface area contributed by atoms with Crippen LogP contribution in [-0.2, 0) is 14.3 Å². The normalized spacial score (nSPS) is 9.58. The SMILES string of the molecule is CCOC(=O)CNC(=O)CNc1ccc(OC)cc1. The van der Waals surface area contributed by atoms with Gasteiger partial charge in [-0.3, -0.25) is 9.59 Å². The van der Waals surface area contributed by atoms with Gasteiger partial charge in [0.15, 0.2) is 0 Å². The van der Waals surface area contributed by atoms with Gasteiger partial charge < -0.3 is 20.1 Å². The first-order chi connectivity index (χ1) is 9.15. The summed E-state index contributed by atoms with van der Waals surface area (Å²) in [5.74, 6) is 0.0291. The van der Waals surface area contributed by atoms with Gasteiger partial charge in [0.05, 0.1) is 20.3 Å². The molecule has 0 saturated carbocycles. The summed E-state index contributed by atoms with van der Waals surface area (Å²) in [4.78, 5) is 22.5. The van der Waals surface area contributed by atoms with Gasteiger partial charge in [0.1, 0.15) is 12.3 Å². The lowest BCUT2D eigenvalue weighted by molar-refractivity contribution is -0.143. The zero-order valence-corrected chi connectivity index (χ0v) is 11.1. The molecule has 0 bridgehead atoms. The lowest BCUT2D eigenvalue weighted by Gasteiger charge is -2.08. The van der Waals surface area contributed by atoms with Crippen molar-refractivity contribution >= 4 is 17.6 Å². The van der Waals surface area contributed by atoms with E-state index in [1.807, 2.05) is 0 Å². The number of esters is 1. The minimum atomic E-state index is -0.444. The largest absolute Gasteiger partial charge is 0.497 e. The molecule has 1 aromatic carbocycles. The van der Waals surface area contributed by atoms with E-state index in [1.165, 1.54) is 0 Å². The highest BCUT2D eigenvalue weighted by atomic mass is 16.5. The Hall–Kier alpha value is -2.24. The second-order valence-corrected chi connectivity index (χ2v) is 3.66. The minimum absolute atomic E-state index is 0.0890. The van der Waals surface area contributed by atoms with E-state index in [9.17, 15) is 9.59 Å². The Bertz CT molecular complexity index is 417. The highest BCUT2D eigenvalue weighted by Gasteiger charge is 2.05. The molecule has 6 nitrogen and oxygen atoms in total. The number of amides is 1. The van der Waals surface area contributed by atoms with Crippen LogP contribution in [0.3, 0.4) is 0 Å². The molecule has 2 N–H and O–H groups in total. The summed E-state index contributed by atoms with van der Waals surface area (Å²) >= 11 is 0. The number of methoxy groups -OCH3 is 1. The maximum Gasteiger partial charge on any atom is 0.325 e. The number of nitrogens with one attached hydrogen (secondary N) is 2. The number of benzene rings is 1. The number of carbonyl (C=O) groups excluding carboxylic acids is 2. The molecular weight excluding hydrogens is 248 g/mol. The van der Waals surface area contributed by atoms with Crippen LogP contribution in [0.4, 0.5) is 5.69 Å². The van der Waals surface area contributed by atoms with Crippen LogP contribution in [0.15, 0.2) is 24.3 Å². The van der Waals surface area contributed by atoms with Gasteiger partial charge in [-0.1, -0.05) is 0 Å². The summed E-state index contributed by atoms with van der Waals surface area (Å²) in [6.45, 7) is 1.99. The van der Waals surface area contributed by atoms with Crippen LogP contribution in [0.1, 0.15) is 6.92 Å². The van der Waals surface area contributed by atoms with Crippen molar-refractivity contribution in [2.24, 2.45) is 0 Å². The molecule has 0 heterocycles. The van der Waals surface area contributed by atoms with Gasteiger partial charge in [0.2, 0.25) is 5.91 Å². The average molecular weight is 266 g/mol. The number of carbonyl (C=O) groups is 2. The van der Waals surface area contributed by atoms with Crippen molar-refractivity contribution in [3.8, 4) is 5.75 Å². The predicted octanol–water partition coefficient (Wildman–Crippen LogP) is 0.786. The van der Waals surface area contributed by atoms with E-state index in [2.05, 4.69) is 10.6 Å². The molecule has 0 saturated heterocycles. The molecule has 0 atom stereocenters. The molecule has 0 unspecified atom stereocenters. The Morgan fingerprint density at radius 2 is 1.84 bits per heavy atom. The lowest BCUT2D eigenvalue weighted by atomic mass is 10.3. The van der Waals surface area contributed by atoms with Gasteiger partial charge in [-0.05, 0) is 31.2 Å². The third kappa shape index (κ3) is 5.76. The lowest BCUT2D eigenvalue weighted by Crippen LogP contribution is -2.34. The first kappa shape index (κ1) is 14.8. The fourth-order valence-electron chi connectivity index (χ4n) is 1.34. The second-order valence-electron chi connectivity index (χ2n) is 3.66. The van der Waals surface area contributed by atoms with Gasteiger partial charge >= 0.3 is 5.97 Å². The van der Waals surface area contributed by atoms with Gasteiger partial charge in [-0.25, -0.2) is 0 Å². The van der Waals surface area contributed by atoms with Crippen molar-refractivity contribution < 1.29 is 19.1 Å². The van der Waals surface area contributed by atoms with E-state index < -0.39 is 5.97 Å². The number of rotatable bonds is 7. The molecular formula is C13H18N2O4. The van der Waals surface area contributed by atoms with E-state index in [0.29, 0.717) is 6.61 Å². The topological polar surface area (TPSA) is 76.7 Å². The monoisotopic (exact) mass is 266 g/mol. The Labute approximate surface area is 112 Å². The van der Waals surface area contributed by atoms with E-state index >= 15 is 0 Å². The molecule has 0 aromatic heterocycles. The molecule has 0 fully saturated rings. The molecule has 0 aliphatic rings. The Balaban J connectivity index is 2.27. The van der Waals surface area contributed by atoms with Crippen molar-refractivity contribution in [1.82, 2.24) is 5.32 Å². The van der Waals surface area contributed by atoms with Crippen molar-refractivity contribution in [2.75, 3.05) is 32.1 Å². The minimum Gasteiger partial charge on any atom is -0.497 e. The van der Waals surface area contributed by atoms with Crippen LogP contribution < -0.4 is 15.4 Å².